The third-order valence-electron chi connectivity index (χ3n) is 4.16. The average molecular weight is 334 g/mol. The van der Waals surface area contributed by atoms with E-state index in [9.17, 15) is 4.79 Å². The van der Waals surface area contributed by atoms with E-state index in [1.807, 2.05) is 27.0 Å². The highest BCUT2D eigenvalue weighted by Crippen LogP contribution is 2.43. The lowest BCUT2D eigenvalue weighted by Gasteiger charge is -2.24. The molecule has 1 atom stereocenters. The van der Waals surface area contributed by atoms with E-state index in [1.54, 1.807) is 12.0 Å². The molecule has 2 heterocycles. The van der Waals surface area contributed by atoms with E-state index >= 15 is 0 Å². The number of likely N-dealkylation sites (tertiary alicyclic amines) is 1. The molecular weight excluding hydrogens is 308 g/mol. The number of amides is 1. The van der Waals surface area contributed by atoms with Gasteiger partial charge < -0.3 is 19.7 Å². The maximum absolute atomic E-state index is 12.1. The maximum atomic E-state index is 12.1. The van der Waals surface area contributed by atoms with Gasteiger partial charge in [-0.15, -0.1) is 0 Å². The van der Waals surface area contributed by atoms with E-state index in [2.05, 4.69) is 15.3 Å². The Bertz CT molecular complexity index is 610. The van der Waals surface area contributed by atoms with Crippen LogP contribution >= 0.6 is 0 Å². The summed E-state index contributed by atoms with van der Waals surface area (Å²) < 4.78 is 10.8. The number of ether oxygens (including phenoxy) is 2. The van der Waals surface area contributed by atoms with Crippen molar-refractivity contribution in [3.63, 3.8) is 0 Å². The van der Waals surface area contributed by atoms with E-state index in [0.717, 1.165) is 12.0 Å². The number of rotatable bonds is 4. The third kappa shape index (κ3) is 4.07. The zero-order valence-electron chi connectivity index (χ0n) is 14.8. The molecule has 1 saturated carbocycles. The molecule has 7 heteroatoms. The van der Waals surface area contributed by atoms with Crippen molar-refractivity contribution in [2.45, 2.75) is 57.6 Å². The van der Waals surface area contributed by atoms with Crippen molar-refractivity contribution in [2.24, 2.45) is 0 Å². The molecule has 132 valence electrons. The average Bonchev–Trinajstić information content (AvgIpc) is 3.24. The van der Waals surface area contributed by atoms with Crippen LogP contribution in [0.4, 0.5) is 10.7 Å². The molecule has 0 bridgehead atoms. The molecule has 7 nitrogen and oxygen atoms in total. The normalized spacial score (nSPS) is 20.8. The molecule has 1 amide bonds. The van der Waals surface area contributed by atoms with Crippen molar-refractivity contribution in [1.82, 2.24) is 14.9 Å². The van der Waals surface area contributed by atoms with Crippen molar-refractivity contribution < 1.29 is 14.3 Å². The number of methoxy groups -OCH3 is 1. The van der Waals surface area contributed by atoms with Crippen LogP contribution in [0.1, 0.15) is 51.5 Å². The van der Waals surface area contributed by atoms with Crippen molar-refractivity contribution in [2.75, 3.05) is 25.5 Å². The fourth-order valence-corrected chi connectivity index (χ4v) is 2.84. The van der Waals surface area contributed by atoms with Crippen LogP contribution in [-0.2, 0) is 4.74 Å². The van der Waals surface area contributed by atoms with Gasteiger partial charge in [0.05, 0.1) is 7.11 Å². The smallest absolute Gasteiger partial charge is 0.410 e. The van der Waals surface area contributed by atoms with Gasteiger partial charge in [-0.1, -0.05) is 0 Å². The molecule has 0 radical (unpaired) electrons. The molecule has 1 N–H and O–H groups in total. The van der Waals surface area contributed by atoms with E-state index < -0.39 is 5.60 Å². The molecule has 3 rings (SSSR count). The second-order valence-corrected chi connectivity index (χ2v) is 7.49. The van der Waals surface area contributed by atoms with Crippen LogP contribution in [0.2, 0.25) is 0 Å². The van der Waals surface area contributed by atoms with E-state index in [1.165, 1.54) is 12.8 Å². The van der Waals surface area contributed by atoms with Crippen molar-refractivity contribution in [1.29, 1.82) is 0 Å². The molecule has 0 unspecified atom stereocenters. The summed E-state index contributed by atoms with van der Waals surface area (Å²) in [4.78, 5) is 22.7. The fourth-order valence-electron chi connectivity index (χ4n) is 2.84. The molecule has 1 aliphatic carbocycles. The number of hydrogen-bond acceptors (Lipinski definition) is 6. The number of carbonyl (C=O) groups excluding carboxylic acids is 1. The lowest BCUT2D eigenvalue weighted by molar-refractivity contribution is 0.0293. The molecule has 1 saturated heterocycles. The lowest BCUT2D eigenvalue weighted by atomic mass is 10.2. The SMILES string of the molecule is COc1nc(N[C@H]2CCN(C(=O)OC(C)(C)C)C2)ncc1C1CC1. The Labute approximate surface area is 142 Å². The van der Waals surface area contributed by atoms with Crippen LogP contribution in [-0.4, -0.2) is 52.8 Å². The Morgan fingerprint density at radius 1 is 1.33 bits per heavy atom. The topological polar surface area (TPSA) is 76.6 Å². The Morgan fingerprint density at radius 3 is 2.71 bits per heavy atom. The number of nitrogens with zero attached hydrogens (tertiary/aromatic N) is 3. The largest absolute Gasteiger partial charge is 0.481 e. The number of carbonyl (C=O) groups is 1. The van der Waals surface area contributed by atoms with Crippen molar-refractivity contribution in [3.05, 3.63) is 11.8 Å². The molecule has 2 fully saturated rings. The summed E-state index contributed by atoms with van der Waals surface area (Å²) in [5.74, 6) is 1.74. The van der Waals surface area contributed by atoms with Crippen molar-refractivity contribution in [3.8, 4) is 5.88 Å². The van der Waals surface area contributed by atoms with Gasteiger partial charge in [0.2, 0.25) is 11.8 Å². The van der Waals surface area contributed by atoms with Crippen LogP contribution in [0.3, 0.4) is 0 Å². The van der Waals surface area contributed by atoms with Crippen LogP contribution < -0.4 is 10.1 Å². The molecular formula is C17H26N4O3. The van der Waals surface area contributed by atoms with Gasteiger partial charge in [0, 0.05) is 30.9 Å². The highest BCUT2D eigenvalue weighted by Gasteiger charge is 2.31. The Balaban J connectivity index is 1.58. The summed E-state index contributed by atoms with van der Waals surface area (Å²) in [6, 6.07) is 0.119. The highest BCUT2D eigenvalue weighted by atomic mass is 16.6. The van der Waals surface area contributed by atoms with Gasteiger partial charge in [0.1, 0.15) is 5.60 Å². The van der Waals surface area contributed by atoms with Crippen LogP contribution in [0.5, 0.6) is 5.88 Å². The molecule has 1 aliphatic heterocycles. The van der Waals surface area contributed by atoms with E-state index in [4.69, 9.17) is 9.47 Å². The first-order valence-electron chi connectivity index (χ1n) is 8.51. The summed E-state index contributed by atoms with van der Waals surface area (Å²) in [5.41, 5.74) is 0.613. The molecule has 1 aromatic heterocycles. The standard InChI is InChI=1S/C17H26N4O3/c1-17(2,3)24-16(22)21-8-7-12(10-21)19-15-18-9-13(11-5-6-11)14(20-15)23-4/h9,11-12H,5-8,10H2,1-4H3,(H,18,19,20)/t12-/m0/s1. The van der Waals surface area contributed by atoms with Gasteiger partial charge in [-0.3, -0.25) is 0 Å². The Hall–Kier alpha value is -2.05. The predicted octanol–water partition coefficient (Wildman–Crippen LogP) is 2.78. The van der Waals surface area contributed by atoms with Crippen LogP contribution in [0, 0.1) is 0 Å². The van der Waals surface area contributed by atoms with Crippen LogP contribution in [0.15, 0.2) is 6.20 Å². The minimum absolute atomic E-state index is 0.119. The third-order valence-corrected chi connectivity index (χ3v) is 4.16. The number of aromatic nitrogens is 2. The van der Waals surface area contributed by atoms with E-state index in [-0.39, 0.29) is 12.1 Å². The predicted molar refractivity (Wildman–Crippen MR) is 90.4 cm³/mol. The first-order chi connectivity index (χ1) is 11.4. The summed E-state index contributed by atoms with van der Waals surface area (Å²) >= 11 is 0. The summed E-state index contributed by atoms with van der Waals surface area (Å²) in [5, 5.41) is 3.30. The van der Waals surface area contributed by atoms with Gasteiger partial charge in [-0.25, -0.2) is 9.78 Å². The molecule has 2 aliphatic rings. The zero-order chi connectivity index (χ0) is 17.3. The fraction of sp³-hybridized carbons (Fsp3) is 0.706. The minimum Gasteiger partial charge on any atom is -0.481 e. The maximum Gasteiger partial charge on any atom is 0.410 e. The van der Waals surface area contributed by atoms with Crippen LogP contribution in [0.25, 0.3) is 0 Å². The number of anilines is 1. The number of nitrogens with one attached hydrogen (secondary N) is 1. The first kappa shape index (κ1) is 16.8. The van der Waals surface area contributed by atoms with Gasteiger partial charge in [0.25, 0.3) is 0 Å². The second kappa shape index (κ2) is 6.45. The van der Waals surface area contributed by atoms with Gasteiger partial charge >= 0.3 is 6.09 Å². The zero-order valence-corrected chi connectivity index (χ0v) is 14.8. The second-order valence-electron chi connectivity index (χ2n) is 7.49. The quantitative estimate of drug-likeness (QED) is 0.912. The van der Waals surface area contributed by atoms with E-state index in [0.29, 0.717) is 30.8 Å². The number of hydrogen-bond donors (Lipinski definition) is 1. The summed E-state index contributed by atoms with van der Waals surface area (Å²) in [6.45, 7) is 6.88. The minimum atomic E-state index is -0.474. The van der Waals surface area contributed by atoms with Gasteiger partial charge in [-0.2, -0.15) is 4.98 Å². The summed E-state index contributed by atoms with van der Waals surface area (Å²) in [6.07, 6.45) is 4.79. The highest BCUT2D eigenvalue weighted by molar-refractivity contribution is 5.68. The lowest BCUT2D eigenvalue weighted by Crippen LogP contribution is -2.36. The molecule has 24 heavy (non-hydrogen) atoms. The molecule has 0 aromatic carbocycles. The Morgan fingerprint density at radius 2 is 2.08 bits per heavy atom. The Kier molecular flexibility index (Phi) is 4.51. The van der Waals surface area contributed by atoms with Crippen molar-refractivity contribution >= 4 is 12.0 Å². The van der Waals surface area contributed by atoms with Gasteiger partial charge in [0.15, 0.2) is 0 Å². The monoisotopic (exact) mass is 334 g/mol. The van der Waals surface area contributed by atoms with Gasteiger partial charge in [-0.05, 0) is 46.0 Å². The summed E-state index contributed by atoms with van der Waals surface area (Å²) in [7, 11) is 1.64. The molecule has 1 aromatic rings. The first-order valence-corrected chi connectivity index (χ1v) is 8.51. The molecule has 0 spiro atoms.